The van der Waals surface area contributed by atoms with Crippen molar-refractivity contribution in [2.45, 2.75) is 12.8 Å². The van der Waals surface area contributed by atoms with Crippen molar-refractivity contribution in [3.63, 3.8) is 0 Å². The Bertz CT molecular complexity index is 574. The normalized spacial score (nSPS) is 13.0. The molecule has 1 heterocycles. The molecule has 0 spiro atoms. The zero-order valence-electron chi connectivity index (χ0n) is 8.43. The largest absolute Gasteiger partial charge is 0.478 e. The number of carboxylic acids is 1. The molecule has 0 unspecified atom stereocenters. The summed E-state index contributed by atoms with van der Waals surface area (Å²) in [5.74, 6) is -0.863. The number of benzene rings is 1. The molecular formula is C12H9NO2S. The van der Waals surface area contributed by atoms with E-state index in [1.165, 1.54) is 4.88 Å². The van der Waals surface area contributed by atoms with Crippen molar-refractivity contribution in [2.75, 3.05) is 0 Å². The van der Waals surface area contributed by atoms with E-state index in [4.69, 9.17) is 5.11 Å². The van der Waals surface area contributed by atoms with Crippen LogP contribution in [0.15, 0.2) is 23.7 Å². The summed E-state index contributed by atoms with van der Waals surface area (Å²) >= 11 is 1.62. The van der Waals surface area contributed by atoms with E-state index in [0.29, 0.717) is 5.56 Å². The minimum Gasteiger partial charge on any atom is -0.478 e. The zero-order chi connectivity index (χ0) is 11.1. The second-order valence-corrected chi connectivity index (χ2v) is 4.66. The molecule has 1 N–H and O–H groups in total. The fraction of sp³-hybridized carbons (Fsp3) is 0.167. The summed E-state index contributed by atoms with van der Waals surface area (Å²) in [6, 6.07) is 5.34. The Morgan fingerprint density at radius 2 is 2.25 bits per heavy atom. The Hall–Kier alpha value is -1.68. The number of fused-ring (bicyclic) bond motifs is 3. The van der Waals surface area contributed by atoms with E-state index in [1.807, 2.05) is 11.6 Å². The van der Waals surface area contributed by atoms with Crippen molar-refractivity contribution >= 4 is 17.3 Å². The van der Waals surface area contributed by atoms with Gasteiger partial charge in [0.15, 0.2) is 0 Å². The number of hydrogen-bond donors (Lipinski definition) is 1. The first-order valence-corrected chi connectivity index (χ1v) is 5.92. The number of hydrogen-bond acceptors (Lipinski definition) is 3. The molecule has 0 saturated carbocycles. The zero-order valence-corrected chi connectivity index (χ0v) is 9.25. The van der Waals surface area contributed by atoms with Crippen LogP contribution >= 0.6 is 11.3 Å². The van der Waals surface area contributed by atoms with Gasteiger partial charge in [0.1, 0.15) is 0 Å². The predicted octanol–water partition coefficient (Wildman–Crippen LogP) is 2.61. The maximum absolute atomic E-state index is 10.9. The van der Waals surface area contributed by atoms with Gasteiger partial charge in [-0.3, -0.25) is 0 Å². The summed E-state index contributed by atoms with van der Waals surface area (Å²) < 4.78 is 0. The van der Waals surface area contributed by atoms with Crippen LogP contribution in [-0.2, 0) is 12.8 Å². The van der Waals surface area contributed by atoms with E-state index < -0.39 is 5.97 Å². The molecule has 3 rings (SSSR count). The third-order valence-corrected chi connectivity index (χ3v) is 3.77. The van der Waals surface area contributed by atoms with Crippen LogP contribution in [0.3, 0.4) is 0 Å². The highest BCUT2D eigenvalue weighted by atomic mass is 32.1. The fourth-order valence-corrected chi connectivity index (χ4v) is 2.98. The van der Waals surface area contributed by atoms with Gasteiger partial charge in [0.05, 0.1) is 21.6 Å². The van der Waals surface area contributed by atoms with E-state index in [0.717, 1.165) is 29.7 Å². The Balaban J connectivity index is 2.17. The summed E-state index contributed by atoms with van der Waals surface area (Å²) in [4.78, 5) is 16.4. The highest BCUT2D eigenvalue weighted by molar-refractivity contribution is 7.13. The van der Waals surface area contributed by atoms with E-state index >= 15 is 0 Å². The Labute approximate surface area is 96.4 Å². The number of aromatic nitrogens is 1. The topological polar surface area (TPSA) is 50.2 Å². The molecule has 4 heteroatoms. The number of nitrogens with zero attached hydrogens (tertiary/aromatic N) is 1. The van der Waals surface area contributed by atoms with Gasteiger partial charge in [-0.25, -0.2) is 9.78 Å². The molecular weight excluding hydrogens is 222 g/mol. The van der Waals surface area contributed by atoms with Crippen LogP contribution in [-0.4, -0.2) is 16.1 Å². The molecule has 0 amide bonds. The van der Waals surface area contributed by atoms with Crippen LogP contribution < -0.4 is 0 Å². The molecule has 16 heavy (non-hydrogen) atoms. The molecule has 0 radical (unpaired) electrons. The molecule has 1 aliphatic rings. The summed E-state index contributed by atoms with van der Waals surface area (Å²) in [5.41, 5.74) is 5.63. The average Bonchev–Trinajstić information content (AvgIpc) is 2.76. The van der Waals surface area contributed by atoms with Crippen LogP contribution in [0.25, 0.3) is 10.4 Å². The van der Waals surface area contributed by atoms with E-state index in [2.05, 4.69) is 4.98 Å². The highest BCUT2D eigenvalue weighted by Crippen LogP contribution is 2.36. The van der Waals surface area contributed by atoms with Crippen LogP contribution in [0.4, 0.5) is 0 Å². The Morgan fingerprint density at radius 1 is 1.38 bits per heavy atom. The molecule has 0 bridgehead atoms. The molecule has 0 aliphatic heterocycles. The standard InChI is InChI=1S/C12H9NO2S/c14-12(15)8-1-3-9-7(5-8)2-4-10-11(9)16-6-13-10/h1,3,5-6H,2,4H2,(H,14,15). The first-order valence-electron chi connectivity index (χ1n) is 5.04. The van der Waals surface area contributed by atoms with Crippen molar-refractivity contribution < 1.29 is 9.90 Å². The quantitative estimate of drug-likeness (QED) is 0.820. The van der Waals surface area contributed by atoms with Gasteiger partial charge in [-0.15, -0.1) is 11.3 Å². The average molecular weight is 231 g/mol. The first-order chi connectivity index (χ1) is 7.75. The summed E-state index contributed by atoms with van der Waals surface area (Å²) in [5, 5.41) is 8.93. The van der Waals surface area contributed by atoms with Crippen molar-refractivity contribution in [3.8, 4) is 10.4 Å². The number of aromatic carboxylic acids is 1. The lowest BCUT2D eigenvalue weighted by Crippen LogP contribution is -2.05. The molecule has 1 aromatic carbocycles. The molecule has 0 saturated heterocycles. The van der Waals surface area contributed by atoms with Gasteiger partial charge in [-0.2, -0.15) is 0 Å². The number of thiazole rings is 1. The van der Waals surface area contributed by atoms with Gasteiger partial charge in [0.25, 0.3) is 0 Å². The minimum absolute atomic E-state index is 0.367. The second kappa shape index (κ2) is 3.42. The van der Waals surface area contributed by atoms with Crippen LogP contribution in [0, 0.1) is 0 Å². The van der Waals surface area contributed by atoms with Crippen LogP contribution in [0.5, 0.6) is 0 Å². The van der Waals surface area contributed by atoms with Gasteiger partial charge < -0.3 is 5.11 Å². The number of carboxylic acid groups (broad SMARTS) is 1. The van der Waals surface area contributed by atoms with E-state index in [-0.39, 0.29) is 0 Å². The molecule has 3 nitrogen and oxygen atoms in total. The van der Waals surface area contributed by atoms with Crippen molar-refractivity contribution in [1.82, 2.24) is 4.98 Å². The van der Waals surface area contributed by atoms with Gasteiger partial charge in [0, 0.05) is 0 Å². The lowest BCUT2D eigenvalue weighted by Gasteiger charge is -2.15. The summed E-state index contributed by atoms with van der Waals surface area (Å²) in [6.45, 7) is 0. The molecule has 0 atom stereocenters. The molecule has 0 fully saturated rings. The maximum Gasteiger partial charge on any atom is 0.335 e. The SMILES string of the molecule is O=C(O)c1ccc2c(c1)CCc1ncsc1-2. The number of rotatable bonds is 1. The summed E-state index contributed by atoms with van der Waals surface area (Å²) in [6.07, 6.45) is 1.79. The second-order valence-electron chi connectivity index (χ2n) is 3.81. The van der Waals surface area contributed by atoms with E-state index in [9.17, 15) is 4.79 Å². The maximum atomic E-state index is 10.9. The minimum atomic E-state index is -0.863. The van der Waals surface area contributed by atoms with Crippen molar-refractivity contribution in [1.29, 1.82) is 0 Å². The van der Waals surface area contributed by atoms with Crippen LogP contribution in [0.2, 0.25) is 0 Å². The molecule has 80 valence electrons. The van der Waals surface area contributed by atoms with Crippen molar-refractivity contribution in [3.05, 3.63) is 40.5 Å². The third kappa shape index (κ3) is 1.34. The van der Waals surface area contributed by atoms with Gasteiger partial charge >= 0.3 is 5.97 Å². The first kappa shape index (κ1) is 9.54. The Kier molecular flexibility index (Phi) is 2.04. The lowest BCUT2D eigenvalue weighted by atomic mass is 9.92. The molecule has 1 aromatic heterocycles. The molecule has 1 aliphatic carbocycles. The predicted molar refractivity (Wildman–Crippen MR) is 61.9 cm³/mol. The van der Waals surface area contributed by atoms with Crippen LogP contribution in [0.1, 0.15) is 21.6 Å². The van der Waals surface area contributed by atoms with Gasteiger partial charge in [-0.1, -0.05) is 6.07 Å². The Morgan fingerprint density at radius 3 is 3.06 bits per heavy atom. The highest BCUT2D eigenvalue weighted by Gasteiger charge is 2.19. The molecule has 2 aromatic rings. The monoisotopic (exact) mass is 231 g/mol. The van der Waals surface area contributed by atoms with Gasteiger partial charge in [-0.05, 0) is 36.1 Å². The fourth-order valence-electron chi connectivity index (χ4n) is 2.07. The third-order valence-electron chi connectivity index (χ3n) is 2.87. The number of carbonyl (C=O) groups is 1. The lowest BCUT2D eigenvalue weighted by molar-refractivity contribution is 0.0697. The summed E-state index contributed by atoms with van der Waals surface area (Å²) in [7, 11) is 0. The number of aryl methyl sites for hydroxylation is 2. The smallest absolute Gasteiger partial charge is 0.335 e. The van der Waals surface area contributed by atoms with Gasteiger partial charge in [0.2, 0.25) is 0 Å². The van der Waals surface area contributed by atoms with Crippen molar-refractivity contribution in [2.24, 2.45) is 0 Å². The van der Waals surface area contributed by atoms with E-state index in [1.54, 1.807) is 23.5 Å².